The maximum absolute atomic E-state index is 13.8. The first-order valence-corrected chi connectivity index (χ1v) is 7.28. The molecule has 0 aliphatic heterocycles. The van der Waals surface area contributed by atoms with Crippen molar-refractivity contribution in [3.8, 4) is 5.75 Å². The highest BCUT2D eigenvalue weighted by atomic mass is 79.9. The highest BCUT2D eigenvalue weighted by molar-refractivity contribution is 9.10. The minimum atomic E-state index is -0.676. The fraction of sp³-hybridized carbons (Fsp3) is 0.125. The molecule has 0 heterocycles. The van der Waals surface area contributed by atoms with Crippen LogP contribution in [-0.4, -0.2) is 26.1 Å². The zero-order chi connectivity index (χ0) is 17.0. The second-order valence-corrected chi connectivity index (χ2v) is 5.40. The van der Waals surface area contributed by atoms with Gasteiger partial charge in [0.15, 0.2) is 0 Å². The van der Waals surface area contributed by atoms with Gasteiger partial charge in [0.1, 0.15) is 11.6 Å². The van der Waals surface area contributed by atoms with Crippen molar-refractivity contribution in [2.45, 2.75) is 0 Å². The van der Waals surface area contributed by atoms with Gasteiger partial charge in [0.05, 0.1) is 31.0 Å². The largest absolute Gasteiger partial charge is 0.497 e. The second-order valence-electron chi connectivity index (χ2n) is 4.48. The molecule has 120 valence electrons. The molecule has 2 aromatic carbocycles. The summed E-state index contributed by atoms with van der Waals surface area (Å²) < 4.78 is 24.1. The van der Waals surface area contributed by atoms with Gasteiger partial charge in [-0.05, 0) is 36.4 Å². The van der Waals surface area contributed by atoms with Gasteiger partial charge in [0, 0.05) is 4.47 Å². The molecule has 23 heavy (non-hydrogen) atoms. The number of esters is 1. The number of hydrogen-bond donors (Lipinski definition) is 1. The lowest BCUT2D eigenvalue weighted by molar-refractivity contribution is 0.0601. The van der Waals surface area contributed by atoms with Gasteiger partial charge in [-0.15, -0.1) is 0 Å². The van der Waals surface area contributed by atoms with Crippen molar-refractivity contribution in [1.82, 2.24) is 0 Å². The predicted octanol–water partition coefficient (Wildman–Crippen LogP) is 3.64. The number of hydrogen-bond acceptors (Lipinski definition) is 4. The normalized spacial score (nSPS) is 10.1. The number of rotatable bonds is 4. The number of carbonyl (C=O) groups is 2. The highest BCUT2D eigenvalue weighted by Gasteiger charge is 2.18. The van der Waals surface area contributed by atoms with Crippen LogP contribution in [-0.2, 0) is 4.74 Å². The summed E-state index contributed by atoms with van der Waals surface area (Å²) in [5.41, 5.74) is 0.169. The molecule has 0 saturated carbocycles. The fourth-order valence-electron chi connectivity index (χ4n) is 1.90. The van der Waals surface area contributed by atoms with Crippen LogP contribution in [0.2, 0.25) is 0 Å². The zero-order valence-electron chi connectivity index (χ0n) is 12.4. The van der Waals surface area contributed by atoms with Gasteiger partial charge in [0.25, 0.3) is 5.91 Å². The van der Waals surface area contributed by atoms with Crippen molar-refractivity contribution in [2.24, 2.45) is 0 Å². The highest BCUT2D eigenvalue weighted by Crippen LogP contribution is 2.24. The minimum Gasteiger partial charge on any atom is -0.497 e. The van der Waals surface area contributed by atoms with E-state index in [2.05, 4.69) is 26.0 Å². The Morgan fingerprint density at radius 3 is 2.43 bits per heavy atom. The van der Waals surface area contributed by atoms with E-state index in [0.29, 0.717) is 10.2 Å². The van der Waals surface area contributed by atoms with Crippen LogP contribution >= 0.6 is 15.9 Å². The molecule has 7 heteroatoms. The number of anilines is 1. The summed E-state index contributed by atoms with van der Waals surface area (Å²) in [4.78, 5) is 24.0. The third-order valence-corrected chi connectivity index (χ3v) is 3.55. The quantitative estimate of drug-likeness (QED) is 0.821. The van der Waals surface area contributed by atoms with Crippen LogP contribution in [0.1, 0.15) is 20.7 Å². The number of halogens is 2. The van der Waals surface area contributed by atoms with E-state index in [9.17, 15) is 14.0 Å². The molecule has 0 aliphatic carbocycles. The predicted molar refractivity (Wildman–Crippen MR) is 86.4 cm³/mol. The molecule has 0 bridgehead atoms. The molecule has 0 fully saturated rings. The topological polar surface area (TPSA) is 64.6 Å². The summed E-state index contributed by atoms with van der Waals surface area (Å²) in [6, 6.07) is 8.56. The van der Waals surface area contributed by atoms with Crippen LogP contribution in [0.25, 0.3) is 0 Å². The molecule has 5 nitrogen and oxygen atoms in total. The Balaban J connectivity index is 2.35. The van der Waals surface area contributed by atoms with Crippen LogP contribution in [0, 0.1) is 5.82 Å². The molecule has 2 aromatic rings. The van der Waals surface area contributed by atoms with Crippen LogP contribution in [0.3, 0.4) is 0 Å². The van der Waals surface area contributed by atoms with Crippen LogP contribution in [0.5, 0.6) is 5.75 Å². The summed E-state index contributed by atoms with van der Waals surface area (Å²) in [5, 5.41) is 2.50. The van der Waals surface area contributed by atoms with Crippen LogP contribution in [0.4, 0.5) is 10.1 Å². The van der Waals surface area contributed by atoms with E-state index in [1.54, 1.807) is 12.1 Å². The van der Waals surface area contributed by atoms with Crippen LogP contribution < -0.4 is 10.1 Å². The summed E-state index contributed by atoms with van der Waals surface area (Å²) in [5.74, 6) is -1.57. The van der Waals surface area contributed by atoms with Gasteiger partial charge in [-0.3, -0.25) is 4.79 Å². The van der Waals surface area contributed by atoms with E-state index in [-0.39, 0.29) is 16.8 Å². The second kappa shape index (κ2) is 7.23. The molecule has 0 aromatic heterocycles. The van der Waals surface area contributed by atoms with Crippen molar-refractivity contribution in [3.63, 3.8) is 0 Å². The number of ether oxygens (including phenoxy) is 2. The van der Waals surface area contributed by atoms with Crippen molar-refractivity contribution in [1.29, 1.82) is 0 Å². The lowest BCUT2D eigenvalue weighted by Gasteiger charge is -2.12. The summed E-state index contributed by atoms with van der Waals surface area (Å²) in [6.45, 7) is 0. The average molecular weight is 382 g/mol. The molecule has 0 unspecified atom stereocenters. The molecule has 0 saturated heterocycles. The third-order valence-electron chi connectivity index (χ3n) is 3.06. The van der Waals surface area contributed by atoms with Gasteiger partial charge in [-0.2, -0.15) is 0 Å². The molecule has 2 rings (SSSR count). The number of methoxy groups -OCH3 is 2. The Morgan fingerprint density at radius 2 is 1.83 bits per heavy atom. The number of nitrogens with one attached hydrogen (secondary N) is 1. The van der Waals surface area contributed by atoms with E-state index < -0.39 is 17.7 Å². The molecular weight excluding hydrogens is 369 g/mol. The van der Waals surface area contributed by atoms with E-state index >= 15 is 0 Å². The lowest BCUT2D eigenvalue weighted by Crippen LogP contribution is -2.16. The molecule has 0 aliphatic rings. The van der Waals surface area contributed by atoms with E-state index in [0.717, 1.165) is 0 Å². The Morgan fingerprint density at radius 1 is 1.09 bits per heavy atom. The van der Waals surface area contributed by atoms with Gasteiger partial charge < -0.3 is 14.8 Å². The van der Waals surface area contributed by atoms with Crippen molar-refractivity contribution in [2.75, 3.05) is 19.5 Å². The minimum absolute atomic E-state index is 0.109. The summed E-state index contributed by atoms with van der Waals surface area (Å²) >= 11 is 3.12. The molecule has 0 radical (unpaired) electrons. The number of amides is 1. The monoisotopic (exact) mass is 381 g/mol. The van der Waals surface area contributed by atoms with Gasteiger partial charge in [-0.25, -0.2) is 9.18 Å². The Kier molecular flexibility index (Phi) is 5.33. The summed E-state index contributed by atoms with van der Waals surface area (Å²) in [6.07, 6.45) is 0. The van der Waals surface area contributed by atoms with Gasteiger partial charge >= 0.3 is 5.97 Å². The number of benzene rings is 2. The van der Waals surface area contributed by atoms with Crippen LogP contribution in [0.15, 0.2) is 40.9 Å². The smallest absolute Gasteiger partial charge is 0.340 e. The Labute approximate surface area is 140 Å². The summed E-state index contributed by atoms with van der Waals surface area (Å²) in [7, 11) is 2.67. The maximum atomic E-state index is 13.8. The molecule has 0 atom stereocenters. The maximum Gasteiger partial charge on any atom is 0.340 e. The average Bonchev–Trinajstić information content (AvgIpc) is 2.54. The first kappa shape index (κ1) is 17.0. The van der Waals surface area contributed by atoms with Gasteiger partial charge in [-0.1, -0.05) is 15.9 Å². The Hall–Kier alpha value is -2.41. The SMILES string of the molecule is COC(=O)c1cc(OC)ccc1NC(=O)c1ccc(Br)cc1F. The standard InChI is InChI=1S/C16H13BrFNO4/c1-22-10-4-6-14(12(8-10)16(21)23-2)19-15(20)11-5-3-9(17)7-13(11)18/h3-8H,1-2H3,(H,19,20). The molecule has 1 N–H and O–H groups in total. The first-order valence-electron chi connectivity index (χ1n) is 6.49. The molecular formula is C16H13BrFNO4. The lowest BCUT2D eigenvalue weighted by atomic mass is 10.1. The van der Waals surface area contributed by atoms with Crippen molar-refractivity contribution < 1.29 is 23.5 Å². The fourth-order valence-corrected chi connectivity index (χ4v) is 2.23. The zero-order valence-corrected chi connectivity index (χ0v) is 13.9. The van der Waals surface area contributed by atoms with Crippen molar-refractivity contribution in [3.05, 3.63) is 57.8 Å². The van der Waals surface area contributed by atoms with E-state index in [4.69, 9.17) is 4.74 Å². The number of carbonyl (C=O) groups excluding carboxylic acids is 2. The first-order chi connectivity index (χ1) is 11.0. The third kappa shape index (κ3) is 3.87. The molecule has 1 amide bonds. The van der Waals surface area contributed by atoms with E-state index in [1.165, 1.54) is 38.5 Å². The van der Waals surface area contributed by atoms with Gasteiger partial charge in [0.2, 0.25) is 0 Å². The molecule has 0 spiro atoms. The van der Waals surface area contributed by atoms with E-state index in [1.807, 2.05) is 0 Å². The Bertz CT molecular complexity index is 764. The van der Waals surface area contributed by atoms with Crippen molar-refractivity contribution >= 4 is 33.5 Å².